The van der Waals surface area contributed by atoms with Crippen molar-refractivity contribution < 1.29 is 14.0 Å². The Kier molecular flexibility index (Phi) is 6.12. The molecule has 0 radical (unpaired) electrons. The number of amides is 2. The second-order valence-corrected chi connectivity index (χ2v) is 5.11. The van der Waals surface area contributed by atoms with Crippen LogP contribution < -0.4 is 16.4 Å². The zero-order chi connectivity index (χ0) is 16.9. The Labute approximate surface area is 133 Å². The number of nitrogens with one attached hydrogen (secondary N) is 2. The van der Waals surface area contributed by atoms with Gasteiger partial charge in [-0.05, 0) is 37.6 Å². The van der Waals surface area contributed by atoms with E-state index < -0.39 is 17.6 Å². The van der Waals surface area contributed by atoms with E-state index >= 15 is 0 Å². The lowest BCUT2D eigenvalue weighted by atomic mass is 10.1. The smallest absolute Gasteiger partial charge is 0.313 e. The number of anilines is 1. The Morgan fingerprint density at radius 3 is 2.45 bits per heavy atom. The van der Waals surface area contributed by atoms with Crippen LogP contribution in [0.5, 0.6) is 0 Å². The van der Waals surface area contributed by atoms with E-state index in [4.69, 9.17) is 17.3 Å². The molecule has 2 amide bonds. The molecule has 0 saturated carbocycles. The molecule has 7 heteroatoms. The summed E-state index contributed by atoms with van der Waals surface area (Å²) in [5.41, 5.74) is 7.65. The zero-order valence-corrected chi connectivity index (χ0v) is 13.1. The minimum absolute atomic E-state index is 0.0721. The average molecular weight is 326 g/mol. The van der Waals surface area contributed by atoms with Gasteiger partial charge in [0.05, 0.1) is 5.02 Å². The van der Waals surface area contributed by atoms with Crippen LogP contribution in [0.15, 0.2) is 41.6 Å². The number of rotatable bonds is 4. The van der Waals surface area contributed by atoms with Gasteiger partial charge in [0.2, 0.25) is 0 Å². The monoisotopic (exact) mass is 325 g/mol. The molecule has 0 aromatic heterocycles. The first-order chi connectivity index (χ1) is 10.2. The summed E-state index contributed by atoms with van der Waals surface area (Å²) in [5.74, 6) is -2.47. The molecule has 1 rings (SSSR count). The Bertz CT molecular complexity index is 652. The lowest BCUT2D eigenvalue weighted by Gasteiger charge is -2.11. The van der Waals surface area contributed by atoms with Crippen LogP contribution in [0.4, 0.5) is 10.1 Å². The van der Waals surface area contributed by atoms with Gasteiger partial charge in [0.15, 0.2) is 0 Å². The largest absolute Gasteiger partial charge is 0.402 e. The van der Waals surface area contributed by atoms with Crippen LogP contribution >= 0.6 is 11.6 Å². The normalized spacial score (nSPS) is 11.5. The molecule has 0 fully saturated rings. The molecule has 4 N–H and O–H groups in total. The van der Waals surface area contributed by atoms with Gasteiger partial charge in [0.25, 0.3) is 0 Å². The van der Waals surface area contributed by atoms with E-state index in [1.165, 1.54) is 12.1 Å². The third kappa shape index (κ3) is 4.89. The van der Waals surface area contributed by atoms with Gasteiger partial charge in [-0.1, -0.05) is 23.8 Å². The highest BCUT2D eigenvalue weighted by Gasteiger charge is 2.15. The Morgan fingerprint density at radius 1 is 1.32 bits per heavy atom. The van der Waals surface area contributed by atoms with E-state index in [0.717, 1.165) is 6.07 Å². The summed E-state index contributed by atoms with van der Waals surface area (Å²) in [6.45, 7) is 7.24. The van der Waals surface area contributed by atoms with Crippen molar-refractivity contribution in [3.05, 3.63) is 52.5 Å². The predicted octanol–water partition coefficient (Wildman–Crippen LogP) is 2.34. The molecular weight excluding hydrogens is 309 g/mol. The molecule has 0 aliphatic heterocycles. The highest BCUT2D eigenvalue weighted by atomic mass is 35.5. The summed E-state index contributed by atoms with van der Waals surface area (Å²) in [4.78, 5) is 23.4. The fourth-order valence-electron chi connectivity index (χ4n) is 1.64. The fourth-order valence-corrected chi connectivity index (χ4v) is 1.76. The molecule has 0 aliphatic rings. The van der Waals surface area contributed by atoms with Gasteiger partial charge in [0.1, 0.15) is 5.82 Å². The Hall–Kier alpha value is -2.34. The number of allylic oxidation sites excluding steroid dienone is 1. The van der Waals surface area contributed by atoms with E-state index in [9.17, 15) is 14.0 Å². The second kappa shape index (κ2) is 7.61. The van der Waals surface area contributed by atoms with Crippen molar-refractivity contribution in [2.75, 3.05) is 11.9 Å². The third-order valence-corrected chi connectivity index (χ3v) is 3.11. The molecule has 22 heavy (non-hydrogen) atoms. The lowest BCUT2D eigenvalue weighted by Crippen LogP contribution is -2.37. The van der Waals surface area contributed by atoms with Gasteiger partial charge >= 0.3 is 11.8 Å². The molecule has 0 atom stereocenters. The second-order valence-electron chi connectivity index (χ2n) is 4.71. The maximum Gasteiger partial charge on any atom is 0.313 e. The molecule has 0 unspecified atom stereocenters. The Morgan fingerprint density at radius 2 is 1.95 bits per heavy atom. The number of halogens is 2. The van der Waals surface area contributed by atoms with Gasteiger partial charge < -0.3 is 16.4 Å². The summed E-state index contributed by atoms with van der Waals surface area (Å²) in [6, 6.07) is 3.70. The van der Waals surface area contributed by atoms with Gasteiger partial charge in [0, 0.05) is 17.9 Å². The van der Waals surface area contributed by atoms with Crippen molar-refractivity contribution in [1.82, 2.24) is 5.32 Å². The van der Waals surface area contributed by atoms with Crippen LogP contribution in [0.2, 0.25) is 5.02 Å². The first-order valence-corrected chi connectivity index (χ1v) is 6.75. The molecule has 118 valence electrons. The van der Waals surface area contributed by atoms with Crippen LogP contribution in [-0.2, 0) is 9.59 Å². The standard InChI is InChI=1S/C15H17ClFN3O2/c1-8(2)11(9(3)18)7-19-14(21)15(22)20-10-4-5-12(16)13(17)6-10/h4-6H,1,7,18H2,2-3H3,(H,19,21)(H,20,22)/b11-9-. The van der Waals surface area contributed by atoms with Crippen LogP contribution in [0, 0.1) is 5.82 Å². The minimum Gasteiger partial charge on any atom is -0.402 e. The highest BCUT2D eigenvalue weighted by molar-refractivity contribution is 6.39. The molecule has 0 bridgehead atoms. The number of hydrogen-bond donors (Lipinski definition) is 3. The van der Waals surface area contributed by atoms with E-state index in [-0.39, 0.29) is 17.3 Å². The van der Waals surface area contributed by atoms with E-state index in [2.05, 4.69) is 17.2 Å². The predicted molar refractivity (Wildman–Crippen MR) is 84.8 cm³/mol. The van der Waals surface area contributed by atoms with Crippen molar-refractivity contribution in [1.29, 1.82) is 0 Å². The zero-order valence-electron chi connectivity index (χ0n) is 12.3. The Balaban J connectivity index is 2.66. The summed E-state index contributed by atoms with van der Waals surface area (Å²) >= 11 is 5.53. The van der Waals surface area contributed by atoms with Crippen molar-refractivity contribution in [3.8, 4) is 0 Å². The summed E-state index contributed by atoms with van der Waals surface area (Å²) in [6.07, 6.45) is 0. The summed E-state index contributed by atoms with van der Waals surface area (Å²) in [5, 5.41) is 4.62. The number of hydrogen-bond acceptors (Lipinski definition) is 3. The SMILES string of the molecule is C=C(C)/C(CNC(=O)C(=O)Nc1ccc(Cl)c(F)c1)=C(/C)N. The van der Waals surface area contributed by atoms with Gasteiger partial charge in [-0.2, -0.15) is 0 Å². The van der Waals surface area contributed by atoms with Crippen molar-refractivity contribution >= 4 is 29.1 Å². The topological polar surface area (TPSA) is 84.2 Å². The molecule has 0 aliphatic carbocycles. The van der Waals surface area contributed by atoms with Gasteiger partial charge in [-0.15, -0.1) is 0 Å². The summed E-state index contributed by atoms with van der Waals surface area (Å²) in [7, 11) is 0. The molecular formula is C15H17ClFN3O2. The molecule has 0 heterocycles. The van der Waals surface area contributed by atoms with E-state index in [1.807, 2.05) is 0 Å². The summed E-state index contributed by atoms with van der Waals surface area (Å²) < 4.78 is 13.2. The number of carbonyl (C=O) groups is 2. The quantitative estimate of drug-likeness (QED) is 0.587. The van der Waals surface area contributed by atoms with Gasteiger partial charge in [-0.3, -0.25) is 9.59 Å². The van der Waals surface area contributed by atoms with Crippen LogP contribution in [0.25, 0.3) is 0 Å². The first-order valence-electron chi connectivity index (χ1n) is 6.37. The fraction of sp³-hybridized carbons (Fsp3) is 0.200. The molecule has 1 aromatic carbocycles. The van der Waals surface area contributed by atoms with Crippen molar-refractivity contribution in [3.63, 3.8) is 0 Å². The van der Waals surface area contributed by atoms with Crippen molar-refractivity contribution in [2.45, 2.75) is 13.8 Å². The maximum atomic E-state index is 13.2. The van der Waals surface area contributed by atoms with Crippen LogP contribution in [0.1, 0.15) is 13.8 Å². The number of nitrogens with two attached hydrogens (primary N) is 1. The van der Waals surface area contributed by atoms with Crippen LogP contribution in [0.3, 0.4) is 0 Å². The average Bonchev–Trinajstić information content (AvgIpc) is 2.42. The number of benzene rings is 1. The minimum atomic E-state index is -0.919. The van der Waals surface area contributed by atoms with Gasteiger partial charge in [-0.25, -0.2) is 4.39 Å². The highest BCUT2D eigenvalue weighted by Crippen LogP contribution is 2.18. The molecule has 5 nitrogen and oxygen atoms in total. The van der Waals surface area contributed by atoms with Crippen molar-refractivity contribution in [2.24, 2.45) is 5.73 Å². The number of carbonyl (C=O) groups excluding carboxylic acids is 2. The van der Waals surface area contributed by atoms with E-state index in [0.29, 0.717) is 16.8 Å². The maximum absolute atomic E-state index is 13.2. The first kappa shape index (κ1) is 17.7. The lowest BCUT2D eigenvalue weighted by molar-refractivity contribution is -0.136. The van der Waals surface area contributed by atoms with E-state index in [1.54, 1.807) is 13.8 Å². The van der Waals surface area contributed by atoms with Crippen LogP contribution in [-0.4, -0.2) is 18.4 Å². The molecule has 1 aromatic rings. The molecule has 0 spiro atoms. The molecule has 0 saturated heterocycles. The third-order valence-electron chi connectivity index (χ3n) is 2.80.